The van der Waals surface area contributed by atoms with Crippen molar-refractivity contribution < 1.29 is 19.4 Å². The normalized spacial score (nSPS) is 10.0. The smallest absolute Gasteiger partial charge is 0.307 e. The number of methoxy groups -OCH3 is 1. The zero-order valence-corrected chi connectivity index (χ0v) is 8.95. The summed E-state index contributed by atoms with van der Waals surface area (Å²) in [6.07, 6.45) is -0.0550. The number of ether oxygens (including phenoxy) is 2. The molecule has 0 heterocycles. The highest BCUT2D eigenvalue weighted by Gasteiger charge is 2.06. The predicted molar refractivity (Wildman–Crippen MR) is 55.3 cm³/mol. The van der Waals surface area contributed by atoms with E-state index in [4.69, 9.17) is 26.2 Å². The molecule has 5 heteroatoms. The van der Waals surface area contributed by atoms with Crippen LogP contribution in [-0.2, 0) is 16.0 Å². The third-order valence-corrected chi connectivity index (χ3v) is 2.00. The predicted octanol–water partition coefficient (Wildman–Crippen LogP) is 1.95. The van der Waals surface area contributed by atoms with E-state index >= 15 is 0 Å². The molecule has 0 atom stereocenters. The second-order valence-electron chi connectivity index (χ2n) is 2.89. The van der Waals surface area contributed by atoms with Crippen LogP contribution in [0.3, 0.4) is 0 Å². The van der Waals surface area contributed by atoms with E-state index in [1.165, 1.54) is 7.11 Å². The third kappa shape index (κ3) is 3.77. The second-order valence-corrected chi connectivity index (χ2v) is 3.29. The highest BCUT2D eigenvalue weighted by Crippen LogP contribution is 2.25. The van der Waals surface area contributed by atoms with Crippen LogP contribution in [0.2, 0.25) is 5.02 Å². The average molecular weight is 231 g/mol. The van der Waals surface area contributed by atoms with E-state index in [1.54, 1.807) is 18.2 Å². The van der Waals surface area contributed by atoms with Crippen LogP contribution in [-0.4, -0.2) is 25.0 Å². The molecule has 1 aromatic rings. The summed E-state index contributed by atoms with van der Waals surface area (Å²) in [5.41, 5.74) is 0.637. The number of hydrogen-bond donors (Lipinski definition) is 1. The van der Waals surface area contributed by atoms with Gasteiger partial charge < -0.3 is 14.6 Å². The molecule has 82 valence electrons. The number of hydrogen-bond acceptors (Lipinski definition) is 3. The first-order valence-corrected chi connectivity index (χ1v) is 4.63. The van der Waals surface area contributed by atoms with Gasteiger partial charge in [-0.1, -0.05) is 17.7 Å². The molecule has 1 aromatic carbocycles. The maximum atomic E-state index is 10.5. The number of benzene rings is 1. The van der Waals surface area contributed by atoms with Crippen molar-refractivity contribution >= 4 is 17.6 Å². The number of carboxylic acid groups (broad SMARTS) is 1. The lowest BCUT2D eigenvalue weighted by molar-refractivity contribution is -0.136. The minimum atomic E-state index is -0.894. The second kappa shape index (κ2) is 5.58. The molecular weight excluding hydrogens is 220 g/mol. The zero-order valence-electron chi connectivity index (χ0n) is 8.20. The average Bonchev–Trinajstić information content (AvgIpc) is 2.18. The van der Waals surface area contributed by atoms with Gasteiger partial charge in [-0.25, -0.2) is 0 Å². The van der Waals surface area contributed by atoms with E-state index in [-0.39, 0.29) is 13.2 Å². The van der Waals surface area contributed by atoms with Gasteiger partial charge in [0.15, 0.2) is 6.79 Å². The summed E-state index contributed by atoms with van der Waals surface area (Å²) < 4.78 is 9.89. The van der Waals surface area contributed by atoms with Crippen LogP contribution in [0.25, 0.3) is 0 Å². The Morgan fingerprint density at radius 3 is 2.87 bits per heavy atom. The molecule has 0 aliphatic heterocycles. The summed E-state index contributed by atoms with van der Waals surface area (Å²) in [5, 5.41) is 9.04. The fourth-order valence-corrected chi connectivity index (χ4v) is 1.24. The maximum absolute atomic E-state index is 10.5. The van der Waals surface area contributed by atoms with Gasteiger partial charge >= 0.3 is 5.97 Å². The minimum absolute atomic E-state index is 0.0550. The highest BCUT2D eigenvalue weighted by atomic mass is 35.5. The molecule has 0 amide bonds. The number of halogens is 1. The quantitative estimate of drug-likeness (QED) is 0.786. The van der Waals surface area contributed by atoms with Crippen molar-refractivity contribution in [3.8, 4) is 5.75 Å². The van der Waals surface area contributed by atoms with Gasteiger partial charge in [-0.05, 0) is 17.7 Å². The Balaban J connectivity index is 2.79. The SMILES string of the molecule is COCOc1cc(CC(=O)O)ccc1Cl. The summed E-state index contributed by atoms with van der Waals surface area (Å²) in [6.45, 7) is 0.0796. The van der Waals surface area contributed by atoms with Crippen LogP contribution in [0, 0.1) is 0 Å². The maximum Gasteiger partial charge on any atom is 0.307 e. The van der Waals surface area contributed by atoms with Crippen LogP contribution in [0.4, 0.5) is 0 Å². The van der Waals surface area contributed by atoms with Crippen molar-refractivity contribution in [3.63, 3.8) is 0 Å². The summed E-state index contributed by atoms with van der Waals surface area (Å²) >= 11 is 5.84. The number of rotatable bonds is 5. The molecule has 0 unspecified atom stereocenters. The van der Waals surface area contributed by atoms with Gasteiger partial charge in [0.2, 0.25) is 0 Å². The first-order valence-electron chi connectivity index (χ1n) is 4.25. The largest absolute Gasteiger partial charge is 0.481 e. The van der Waals surface area contributed by atoms with E-state index in [2.05, 4.69) is 0 Å². The lowest BCUT2D eigenvalue weighted by Gasteiger charge is -2.07. The van der Waals surface area contributed by atoms with Crippen molar-refractivity contribution in [2.45, 2.75) is 6.42 Å². The lowest BCUT2D eigenvalue weighted by Crippen LogP contribution is -2.02. The summed E-state index contributed by atoms with van der Waals surface area (Å²) in [7, 11) is 1.50. The Kier molecular flexibility index (Phi) is 4.39. The van der Waals surface area contributed by atoms with E-state index < -0.39 is 5.97 Å². The molecule has 0 aromatic heterocycles. The number of carbonyl (C=O) groups is 1. The first-order chi connectivity index (χ1) is 7.13. The van der Waals surface area contributed by atoms with Gasteiger partial charge in [-0.2, -0.15) is 0 Å². The summed E-state index contributed by atoms with van der Waals surface area (Å²) in [5.74, 6) is -0.465. The van der Waals surface area contributed by atoms with E-state index in [0.717, 1.165) is 0 Å². The van der Waals surface area contributed by atoms with E-state index in [1.807, 2.05) is 0 Å². The van der Waals surface area contributed by atoms with Gasteiger partial charge in [-0.3, -0.25) is 4.79 Å². The van der Waals surface area contributed by atoms with Crippen LogP contribution >= 0.6 is 11.6 Å². The van der Waals surface area contributed by atoms with Crippen LogP contribution in [0.1, 0.15) is 5.56 Å². The Morgan fingerprint density at radius 2 is 2.27 bits per heavy atom. The van der Waals surface area contributed by atoms with Gasteiger partial charge in [-0.15, -0.1) is 0 Å². The first kappa shape index (κ1) is 11.8. The summed E-state index contributed by atoms with van der Waals surface area (Å²) in [6, 6.07) is 4.84. The van der Waals surface area contributed by atoms with Crippen molar-refractivity contribution in [1.82, 2.24) is 0 Å². The zero-order chi connectivity index (χ0) is 11.3. The molecule has 0 saturated heterocycles. The fourth-order valence-electron chi connectivity index (χ4n) is 1.07. The molecule has 0 radical (unpaired) electrons. The molecule has 0 saturated carbocycles. The highest BCUT2D eigenvalue weighted by molar-refractivity contribution is 6.32. The fraction of sp³-hybridized carbons (Fsp3) is 0.300. The number of carboxylic acids is 1. The molecular formula is C10H11ClO4. The molecule has 0 bridgehead atoms. The van der Waals surface area contributed by atoms with Crippen molar-refractivity contribution in [2.24, 2.45) is 0 Å². The summed E-state index contributed by atoms with van der Waals surface area (Å²) in [4.78, 5) is 10.5. The Morgan fingerprint density at radius 1 is 1.53 bits per heavy atom. The molecule has 0 fully saturated rings. The van der Waals surface area contributed by atoms with Crippen molar-refractivity contribution in [3.05, 3.63) is 28.8 Å². The Labute approximate surface area is 92.4 Å². The standard InChI is InChI=1S/C10H11ClO4/c1-14-6-15-9-4-7(5-10(12)13)2-3-8(9)11/h2-4H,5-6H2,1H3,(H,12,13). The molecule has 1 rings (SSSR count). The van der Waals surface area contributed by atoms with Crippen molar-refractivity contribution in [2.75, 3.05) is 13.9 Å². The van der Waals surface area contributed by atoms with Gasteiger partial charge in [0, 0.05) is 7.11 Å². The lowest BCUT2D eigenvalue weighted by atomic mass is 10.1. The molecule has 15 heavy (non-hydrogen) atoms. The molecule has 4 nitrogen and oxygen atoms in total. The third-order valence-electron chi connectivity index (χ3n) is 1.68. The Hall–Kier alpha value is -1.26. The van der Waals surface area contributed by atoms with Gasteiger partial charge in [0.05, 0.1) is 11.4 Å². The van der Waals surface area contributed by atoms with E-state index in [0.29, 0.717) is 16.3 Å². The number of aliphatic carboxylic acids is 1. The van der Waals surface area contributed by atoms with Crippen LogP contribution in [0.15, 0.2) is 18.2 Å². The van der Waals surface area contributed by atoms with Gasteiger partial charge in [0.1, 0.15) is 5.75 Å². The topological polar surface area (TPSA) is 55.8 Å². The Bertz CT molecular complexity index is 351. The van der Waals surface area contributed by atoms with Gasteiger partial charge in [0.25, 0.3) is 0 Å². The monoisotopic (exact) mass is 230 g/mol. The van der Waals surface area contributed by atoms with Crippen molar-refractivity contribution in [1.29, 1.82) is 0 Å². The molecule has 1 N–H and O–H groups in total. The molecule has 0 spiro atoms. The minimum Gasteiger partial charge on any atom is -0.481 e. The molecule has 0 aliphatic rings. The van der Waals surface area contributed by atoms with Crippen LogP contribution < -0.4 is 4.74 Å². The van der Waals surface area contributed by atoms with Crippen LogP contribution in [0.5, 0.6) is 5.75 Å². The molecule has 0 aliphatic carbocycles. The van der Waals surface area contributed by atoms with E-state index in [9.17, 15) is 4.79 Å².